The van der Waals surface area contributed by atoms with E-state index in [2.05, 4.69) is 0 Å². The Hall–Kier alpha value is -0.0400. The van der Waals surface area contributed by atoms with Gasteiger partial charge in [-0.25, -0.2) is 0 Å². The summed E-state index contributed by atoms with van der Waals surface area (Å²) in [6.45, 7) is 0.882. The summed E-state index contributed by atoms with van der Waals surface area (Å²) < 4.78 is 0. The smallest absolute Gasteiger partial charge is 0.00773 e. The van der Waals surface area contributed by atoms with E-state index in [1.54, 1.807) is 0 Å². The minimum Gasteiger partial charge on any atom is -0.330 e. The summed E-state index contributed by atoms with van der Waals surface area (Å²) in [5.74, 6) is 1.03. The average Bonchev–Trinajstić information content (AvgIpc) is 2.08. The first-order chi connectivity index (χ1) is 6.43. The fourth-order valence-electron chi connectivity index (χ4n) is 2.41. The Bertz CT molecular complexity index is 104. The first kappa shape index (κ1) is 11.0. The Morgan fingerprint density at radius 2 is 1.46 bits per heavy atom. The summed E-state index contributed by atoms with van der Waals surface area (Å²) >= 11 is 0. The number of hydrogen-bond acceptors (Lipinski definition) is 1. The Morgan fingerprint density at radius 3 is 2.08 bits per heavy atom. The van der Waals surface area contributed by atoms with Crippen molar-refractivity contribution in [2.75, 3.05) is 6.54 Å². The molecule has 1 saturated carbocycles. The van der Waals surface area contributed by atoms with Crippen molar-refractivity contribution in [3.8, 4) is 0 Å². The molecule has 0 aliphatic heterocycles. The van der Waals surface area contributed by atoms with Crippen molar-refractivity contribution in [1.29, 1.82) is 0 Å². The SMILES string of the molecule is NCCCCC1CCCCCCC1. The molecule has 1 aliphatic rings. The number of nitrogens with two attached hydrogens (primary N) is 1. The Kier molecular flexibility index (Phi) is 6.26. The lowest BCUT2D eigenvalue weighted by molar-refractivity contribution is 0.349. The van der Waals surface area contributed by atoms with Crippen LogP contribution in [-0.2, 0) is 0 Å². The average molecular weight is 183 g/mol. The zero-order valence-electron chi connectivity index (χ0n) is 8.93. The molecule has 0 aromatic rings. The lowest BCUT2D eigenvalue weighted by atomic mass is 9.88. The number of rotatable bonds is 4. The molecule has 0 unspecified atom stereocenters. The maximum absolute atomic E-state index is 5.50. The quantitative estimate of drug-likeness (QED) is 0.663. The maximum Gasteiger partial charge on any atom is -0.00773 e. The molecule has 0 spiro atoms. The summed E-state index contributed by atoms with van der Waals surface area (Å²) in [7, 11) is 0. The zero-order chi connectivity index (χ0) is 9.36. The Balaban J connectivity index is 2.06. The molecule has 0 amide bonds. The van der Waals surface area contributed by atoms with E-state index in [-0.39, 0.29) is 0 Å². The highest BCUT2D eigenvalue weighted by Crippen LogP contribution is 2.25. The van der Waals surface area contributed by atoms with Crippen LogP contribution in [0.25, 0.3) is 0 Å². The van der Waals surface area contributed by atoms with Gasteiger partial charge in [-0.05, 0) is 18.9 Å². The first-order valence-electron chi connectivity index (χ1n) is 6.13. The lowest BCUT2D eigenvalue weighted by Crippen LogP contribution is -2.05. The summed E-state index contributed by atoms with van der Waals surface area (Å²) in [6, 6.07) is 0. The highest BCUT2D eigenvalue weighted by Gasteiger charge is 2.10. The van der Waals surface area contributed by atoms with Gasteiger partial charge in [-0.1, -0.05) is 57.8 Å². The molecule has 0 saturated heterocycles. The van der Waals surface area contributed by atoms with Crippen LogP contribution in [0.5, 0.6) is 0 Å². The van der Waals surface area contributed by atoms with Crippen LogP contribution in [0.3, 0.4) is 0 Å². The van der Waals surface area contributed by atoms with E-state index in [0.29, 0.717) is 0 Å². The van der Waals surface area contributed by atoms with E-state index in [1.165, 1.54) is 64.2 Å². The lowest BCUT2D eigenvalue weighted by Gasteiger charge is -2.19. The molecule has 0 bridgehead atoms. The molecule has 2 N–H and O–H groups in total. The van der Waals surface area contributed by atoms with Crippen molar-refractivity contribution < 1.29 is 0 Å². The first-order valence-corrected chi connectivity index (χ1v) is 6.13. The fraction of sp³-hybridized carbons (Fsp3) is 1.00. The molecule has 0 heterocycles. The van der Waals surface area contributed by atoms with Gasteiger partial charge in [0.05, 0.1) is 0 Å². The summed E-state index contributed by atoms with van der Waals surface area (Å²) in [6.07, 6.45) is 14.4. The highest BCUT2D eigenvalue weighted by atomic mass is 14.5. The van der Waals surface area contributed by atoms with Crippen LogP contribution < -0.4 is 5.73 Å². The molecule has 1 rings (SSSR count). The van der Waals surface area contributed by atoms with Gasteiger partial charge in [0.2, 0.25) is 0 Å². The predicted molar refractivity (Wildman–Crippen MR) is 58.7 cm³/mol. The molecule has 1 nitrogen and oxygen atoms in total. The van der Waals surface area contributed by atoms with Crippen LogP contribution in [0.4, 0.5) is 0 Å². The van der Waals surface area contributed by atoms with Gasteiger partial charge in [0.1, 0.15) is 0 Å². The molecular weight excluding hydrogens is 158 g/mol. The summed E-state index contributed by atoms with van der Waals surface area (Å²) in [5.41, 5.74) is 5.50. The van der Waals surface area contributed by atoms with Crippen LogP contribution in [0, 0.1) is 5.92 Å². The van der Waals surface area contributed by atoms with Crippen molar-refractivity contribution in [2.24, 2.45) is 11.7 Å². The summed E-state index contributed by atoms with van der Waals surface area (Å²) in [5, 5.41) is 0. The van der Waals surface area contributed by atoms with Crippen LogP contribution in [0.15, 0.2) is 0 Å². The molecule has 0 aromatic carbocycles. The van der Waals surface area contributed by atoms with E-state index in [0.717, 1.165) is 12.5 Å². The third-order valence-electron chi connectivity index (χ3n) is 3.29. The van der Waals surface area contributed by atoms with Gasteiger partial charge in [0, 0.05) is 0 Å². The zero-order valence-corrected chi connectivity index (χ0v) is 8.93. The molecular formula is C12H25N. The standard InChI is InChI=1S/C12H25N/c13-11-7-6-10-12-8-4-2-1-3-5-9-12/h12H,1-11,13H2. The van der Waals surface area contributed by atoms with Crippen molar-refractivity contribution in [2.45, 2.75) is 64.2 Å². The molecule has 1 heteroatoms. The monoisotopic (exact) mass is 183 g/mol. The number of hydrogen-bond donors (Lipinski definition) is 1. The largest absolute Gasteiger partial charge is 0.330 e. The van der Waals surface area contributed by atoms with Crippen molar-refractivity contribution >= 4 is 0 Å². The second-order valence-electron chi connectivity index (χ2n) is 4.50. The van der Waals surface area contributed by atoms with E-state index in [1.807, 2.05) is 0 Å². The third-order valence-corrected chi connectivity index (χ3v) is 3.29. The maximum atomic E-state index is 5.50. The van der Waals surface area contributed by atoms with Gasteiger partial charge in [-0.15, -0.1) is 0 Å². The van der Waals surface area contributed by atoms with Crippen LogP contribution in [-0.4, -0.2) is 6.54 Å². The fourth-order valence-corrected chi connectivity index (χ4v) is 2.41. The van der Waals surface area contributed by atoms with Gasteiger partial charge in [0.15, 0.2) is 0 Å². The van der Waals surface area contributed by atoms with Crippen molar-refractivity contribution in [3.63, 3.8) is 0 Å². The predicted octanol–water partition coefficient (Wildman–Crippen LogP) is 3.48. The molecule has 1 fully saturated rings. The second kappa shape index (κ2) is 7.37. The summed E-state index contributed by atoms with van der Waals surface area (Å²) in [4.78, 5) is 0. The van der Waals surface area contributed by atoms with Crippen LogP contribution in [0.1, 0.15) is 64.2 Å². The van der Waals surface area contributed by atoms with Crippen LogP contribution in [0.2, 0.25) is 0 Å². The van der Waals surface area contributed by atoms with Crippen molar-refractivity contribution in [3.05, 3.63) is 0 Å². The van der Waals surface area contributed by atoms with Crippen LogP contribution >= 0.6 is 0 Å². The van der Waals surface area contributed by atoms with Gasteiger partial charge >= 0.3 is 0 Å². The topological polar surface area (TPSA) is 26.0 Å². The Labute approximate surface area is 83.1 Å². The molecule has 0 atom stereocenters. The Morgan fingerprint density at radius 1 is 0.846 bits per heavy atom. The minimum atomic E-state index is 0.882. The van der Waals surface area contributed by atoms with Gasteiger partial charge < -0.3 is 5.73 Å². The minimum absolute atomic E-state index is 0.882. The highest BCUT2D eigenvalue weighted by molar-refractivity contribution is 4.63. The second-order valence-corrected chi connectivity index (χ2v) is 4.50. The van der Waals surface area contributed by atoms with E-state index in [9.17, 15) is 0 Å². The van der Waals surface area contributed by atoms with E-state index >= 15 is 0 Å². The molecule has 78 valence electrons. The molecule has 13 heavy (non-hydrogen) atoms. The van der Waals surface area contributed by atoms with E-state index < -0.39 is 0 Å². The van der Waals surface area contributed by atoms with Crippen molar-refractivity contribution in [1.82, 2.24) is 0 Å². The molecule has 0 aromatic heterocycles. The van der Waals surface area contributed by atoms with Gasteiger partial charge in [0.25, 0.3) is 0 Å². The molecule has 1 aliphatic carbocycles. The molecule has 0 radical (unpaired) electrons. The van der Waals surface area contributed by atoms with Gasteiger partial charge in [-0.2, -0.15) is 0 Å². The van der Waals surface area contributed by atoms with Gasteiger partial charge in [-0.3, -0.25) is 0 Å². The van der Waals surface area contributed by atoms with E-state index in [4.69, 9.17) is 5.73 Å². The normalized spacial score (nSPS) is 21.0. The third kappa shape index (κ3) is 5.30. The number of unbranched alkanes of at least 4 members (excludes halogenated alkanes) is 1.